The Bertz CT molecular complexity index is 1130. The summed E-state index contributed by atoms with van der Waals surface area (Å²) in [6, 6.07) is 25.6. The highest BCUT2D eigenvalue weighted by molar-refractivity contribution is 6.12. The van der Waals surface area contributed by atoms with Crippen molar-refractivity contribution in [3.05, 3.63) is 90.6 Å². The highest BCUT2D eigenvalue weighted by atomic mass is 16.1. The maximum atomic E-state index is 13.3. The van der Waals surface area contributed by atoms with Crippen LogP contribution < -0.4 is 10.2 Å². The number of para-hydroxylation sites is 1. The molecule has 28 heavy (non-hydrogen) atoms. The molecule has 4 heteroatoms. The van der Waals surface area contributed by atoms with Crippen LogP contribution in [0.1, 0.15) is 10.4 Å². The topological polar surface area (TPSA) is 45.2 Å². The van der Waals surface area contributed by atoms with E-state index in [9.17, 15) is 4.79 Å². The minimum atomic E-state index is -0.152. The van der Waals surface area contributed by atoms with Crippen molar-refractivity contribution in [2.24, 2.45) is 0 Å². The summed E-state index contributed by atoms with van der Waals surface area (Å²) in [5, 5.41) is 4.05. The van der Waals surface area contributed by atoms with Crippen molar-refractivity contribution in [3.63, 3.8) is 0 Å². The summed E-state index contributed by atoms with van der Waals surface area (Å²) < 4.78 is 0. The zero-order valence-electron chi connectivity index (χ0n) is 15.9. The van der Waals surface area contributed by atoms with Gasteiger partial charge in [0, 0.05) is 36.9 Å². The summed E-state index contributed by atoms with van der Waals surface area (Å²) in [6.07, 6.45) is 1.74. The molecule has 0 aliphatic rings. The number of pyridine rings is 1. The minimum absolute atomic E-state index is 0.152. The highest BCUT2D eigenvalue weighted by Gasteiger charge is 2.16. The number of nitrogens with zero attached hydrogens (tertiary/aromatic N) is 2. The molecule has 4 nitrogen and oxygen atoms in total. The second-order valence-corrected chi connectivity index (χ2v) is 6.83. The fraction of sp³-hybridized carbons (Fsp3) is 0.0833. The van der Waals surface area contributed by atoms with Gasteiger partial charge in [-0.05, 0) is 35.4 Å². The zero-order valence-corrected chi connectivity index (χ0v) is 15.9. The molecule has 4 aromatic rings. The molecule has 0 saturated heterocycles. The van der Waals surface area contributed by atoms with Crippen LogP contribution in [0.3, 0.4) is 0 Å². The molecule has 0 radical (unpaired) electrons. The van der Waals surface area contributed by atoms with Crippen molar-refractivity contribution in [1.29, 1.82) is 0 Å². The first-order valence-electron chi connectivity index (χ1n) is 9.15. The third-order valence-corrected chi connectivity index (χ3v) is 4.73. The Morgan fingerprint density at radius 2 is 1.68 bits per heavy atom. The molecule has 4 rings (SSSR count). The monoisotopic (exact) mass is 367 g/mol. The Morgan fingerprint density at radius 3 is 2.46 bits per heavy atom. The fourth-order valence-electron chi connectivity index (χ4n) is 3.26. The van der Waals surface area contributed by atoms with Crippen molar-refractivity contribution in [3.8, 4) is 11.1 Å². The summed E-state index contributed by atoms with van der Waals surface area (Å²) in [4.78, 5) is 19.7. The van der Waals surface area contributed by atoms with Crippen molar-refractivity contribution in [2.45, 2.75) is 0 Å². The van der Waals surface area contributed by atoms with Crippen LogP contribution >= 0.6 is 0 Å². The van der Waals surface area contributed by atoms with Gasteiger partial charge in [0.05, 0.1) is 11.2 Å². The molecule has 0 atom stereocenters. The van der Waals surface area contributed by atoms with Gasteiger partial charge < -0.3 is 10.2 Å². The SMILES string of the molecule is CN(C)c1ccc(-c2ccccc2)c(C(=O)Nc2cccc3cccnc23)c1. The zero-order chi connectivity index (χ0) is 19.5. The second-order valence-electron chi connectivity index (χ2n) is 6.83. The lowest BCUT2D eigenvalue weighted by Gasteiger charge is -2.17. The molecule has 1 aromatic heterocycles. The molecule has 0 unspecified atom stereocenters. The number of benzene rings is 3. The van der Waals surface area contributed by atoms with Crippen molar-refractivity contribution < 1.29 is 4.79 Å². The standard InChI is InChI=1S/C24H21N3O/c1-27(2)19-13-14-20(17-8-4-3-5-9-17)21(16-19)24(28)26-22-12-6-10-18-11-7-15-25-23(18)22/h3-16H,1-2H3,(H,26,28). The van der Waals surface area contributed by atoms with Crippen molar-refractivity contribution in [2.75, 3.05) is 24.3 Å². The number of hydrogen-bond donors (Lipinski definition) is 1. The normalized spacial score (nSPS) is 10.6. The van der Waals surface area contributed by atoms with E-state index in [0.717, 1.165) is 27.7 Å². The van der Waals surface area contributed by atoms with E-state index in [1.807, 2.05) is 97.9 Å². The molecule has 1 N–H and O–H groups in total. The van der Waals surface area contributed by atoms with Gasteiger partial charge in [-0.25, -0.2) is 0 Å². The van der Waals surface area contributed by atoms with Crippen LogP contribution in [0.15, 0.2) is 85.1 Å². The number of anilines is 2. The quantitative estimate of drug-likeness (QED) is 0.538. The van der Waals surface area contributed by atoms with Crippen LogP contribution in [0.4, 0.5) is 11.4 Å². The van der Waals surface area contributed by atoms with Gasteiger partial charge in [-0.3, -0.25) is 9.78 Å². The van der Waals surface area contributed by atoms with Gasteiger partial charge >= 0.3 is 0 Å². The average molecular weight is 367 g/mol. The number of aromatic nitrogens is 1. The number of hydrogen-bond acceptors (Lipinski definition) is 3. The predicted octanol–water partition coefficient (Wildman–Crippen LogP) is 5.22. The lowest BCUT2D eigenvalue weighted by Crippen LogP contribution is -2.16. The molecule has 0 fully saturated rings. The van der Waals surface area contributed by atoms with Gasteiger partial charge in [-0.15, -0.1) is 0 Å². The lowest BCUT2D eigenvalue weighted by atomic mass is 9.98. The Labute approximate surface area is 164 Å². The van der Waals surface area contributed by atoms with E-state index in [2.05, 4.69) is 10.3 Å². The molecular formula is C24H21N3O. The number of rotatable bonds is 4. The maximum absolute atomic E-state index is 13.3. The molecule has 0 aliphatic carbocycles. The molecule has 0 spiro atoms. The molecular weight excluding hydrogens is 346 g/mol. The molecule has 0 saturated carbocycles. The van der Waals surface area contributed by atoms with Crippen LogP contribution in [-0.4, -0.2) is 25.0 Å². The minimum Gasteiger partial charge on any atom is -0.378 e. The van der Waals surface area contributed by atoms with Gasteiger partial charge in [0.15, 0.2) is 0 Å². The van der Waals surface area contributed by atoms with E-state index in [1.165, 1.54) is 0 Å². The fourth-order valence-corrected chi connectivity index (χ4v) is 3.26. The number of amides is 1. The first-order valence-corrected chi connectivity index (χ1v) is 9.15. The molecule has 3 aromatic carbocycles. The van der Waals surface area contributed by atoms with Crippen LogP contribution in [0, 0.1) is 0 Å². The van der Waals surface area contributed by atoms with Crippen molar-refractivity contribution in [1.82, 2.24) is 4.98 Å². The second kappa shape index (κ2) is 7.53. The van der Waals surface area contributed by atoms with E-state index >= 15 is 0 Å². The predicted molar refractivity (Wildman–Crippen MR) is 116 cm³/mol. The number of carbonyl (C=O) groups excluding carboxylic acids is 1. The van der Waals surface area contributed by atoms with Crippen LogP contribution in [-0.2, 0) is 0 Å². The van der Waals surface area contributed by atoms with Gasteiger partial charge in [-0.1, -0.05) is 54.6 Å². The van der Waals surface area contributed by atoms with E-state index < -0.39 is 0 Å². The van der Waals surface area contributed by atoms with E-state index in [1.54, 1.807) is 6.20 Å². The Morgan fingerprint density at radius 1 is 0.893 bits per heavy atom. The molecule has 1 amide bonds. The largest absolute Gasteiger partial charge is 0.378 e. The Kier molecular flexibility index (Phi) is 4.77. The summed E-state index contributed by atoms with van der Waals surface area (Å²) >= 11 is 0. The van der Waals surface area contributed by atoms with Gasteiger partial charge in [0.1, 0.15) is 0 Å². The van der Waals surface area contributed by atoms with E-state index in [4.69, 9.17) is 0 Å². The summed E-state index contributed by atoms with van der Waals surface area (Å²) in [5.74, 6) is -0.152. The molecule has 0 bridgehead atoms. The maximum Gasteiger partial charge on any atom is 0.256 e. The van der Waals surface area contributed by atoms with Crippen molar-refractivity contribution >= 4 is 28.2 Å². The lowest BCUT2D eigenvalue weighted by molar-refractivity contribution is 0.102. The van der Waals surface area contributed by atoms with Gasteiger partial charge in [0.25, 0.3) is 5.91 Å². The smallest absolute Gasteiger partial charge is 0.256 e. The third kappa shape index (κ3) is 3.45. The first kappa shape index (κ1) is 17.7. The van der Waals surface area contributed by atoms with Gasteiger partial charge in [-0.2, -0.15) is 0 Å². The summed E-state index contributed by atoms with van der Waals surface area (Å²) in [5.41, 5.74) is 5.00. The van der Waals surface area contributed by atoms with Crippen LogP contribution in [0.5, 0.6) is 0 Å². The molecule has 138 valence electrons. The first-order chi connectivity index (χ1) is 13.6. The summed E-state index contributed by atoms with van der Waals surface area (Å²) in [7, 11) is 3.93. The van der Waals surface area contributed by atoms with Crippen LogP contribution in [0.25, 0.3) is 22.0 Å². The van der Waals surface area contributed by atoms with Gasteiger partial charge in [0.2, 0.25) is 0 Å². The number of fused-ring (bicyclic) bond motifs is 1. The number of carbonyl (C=O) groups is 1. The molecule has 0 aliphatic heterocycles. The Hall–Kier alpha value is -3.66. The van der Waals surface area contributed by atoms with E-state index in [0.29, 0.717) is 11.3 Å². The average Bonchev–Trinajstić information content (AvgIpc) is 2.74. The summed E-state index contributed by atoms with van der Waals surface area (Å²) in [6.45, 7) is 0. The van der Waals surface area contributed by atoms with Crippen LogP contribution in [0.2, 0.25) is 0 Å². The third-order valence-electron chi connectivity index (χ3n) is 4.73. The Balaban J connectivity index is 1.78. The highest BCUT2D eigenvalue weighted by Crippen LogP contribution is 2.29. The van der Waals surface area contributed by atoms with E-state index in [-0.39, 0.29) is 5.91 Å². The molecule has 1 heterocycles. The number of nitrogens with one attached hydrogen (secondary N) is 1.